The SMILES string of the molecule is C=Cc1ccccc1CC[SiH2]C(Cl)Cl. The molecule has 0 fully saturated rings. The summed E-state index contributed by atoms with van der Waals surface area (Å²) >= 11 is 11.4. The van der Waals surface area contributed by atoms with Crippen molar-refractivity contribution in [1.82, 2.24) is 0 Å². The molecule has 0 radical (unpaired) electrons. The highest BCUT2D eigenvalue weighted by Gasteiger charge is 2.02. The highest BCUT2D eigenvalue weighted by molar-refractivity contribution is 6.68. The van der Waals surface area contributed by atoms with Gasteiger partial charge in [0.25, 0.3) is 0 Å². The predicted molar refractivity (Wildman–Crippen MR) is 69.1 cm³/mol. The summed E-state index contributed by atoms with van der Waals surface area (Å²) in [5.74, 6) is 0. The van der Waals surface area contributed by atoms with Crippen LogP contribution in [-0.2, 0) is 6.42 Å². The van der Waals surface area contributed by atoms with Gasteiger partial charge in [0, 0.05) is 0 Å². The maximum atomic E-state index is 5.72. The Morgan fingerprint density at radius 3 is 2.71 bits per heavy atom. The van der Waals surface area contributed by atoms with Crippen LogP contribution >= 0.6 is 23.2 Å². The van der Waals surface area contributed by atoms with Gasteiger partial charge in [-0.05, 0) is 17.5 Å². The number of benzene rings is 1. The molecule has 0 saturated heterocycles. The van der Waals surface area contributed by atoms with Gasteiger partial charge in [-0.15, -0.1) is 23.2 Å². The lowest BCUT2D eigenvalue weighted by Gasteiger charge is -2.05. The van der Waals surface area contributed by atoms with Crippen molar-refractivity contribution in [2.24, 2.45) is 0 Å². The Balaban J connectivity index is 2.53. The molecule has 1 aromatic rings. The fourth-order valence-corrected chi connectivity index (χ4v) is 3.23. The molecule has 1 rings (SSSR count). The Morgan fingerprint density at radius 1 is 1.36 bits per heavy atom. The predicted octanol–water partition coefficient (Wildman–Crippen LogP) is 3.22. The van der Waals surface area contributed by atoms with E-state index in [1.807, 2.05) is 12.1 Å². The Labute approximate surface area is 97.7 Å². The molecule has 1 aromatic carbocycles. The van der Waals surface area contributed by atoms with Crippen LogP contribution in [-0.4, -0.2) is 14.0 Å². The van der Waals surface area contributed by atoms with Crippen molar-refractivity contribution in [1.29, 1.82) is 0 Å². The van der Waals surface area contributed by atoms with Crippen molar-refractivity contribution in [3.8, 4) is 0 Å². The molecule has 0 aromatic heterocycles. The molecule has 3 heteroatoms. The van der Waals surface area contributed by atoms with E-state index in [0.29, 0.717) is 0 Å². The van der Waals surface area contributed by atoms with E-state index in [1.54, 1.807) is 0 Å². The number of hydrogen-bond acceptors (Lipinski definition) is 0. The first kappa shape index (κ1) is 11.8. The Morgan fingerprint density at radius 2 is 2.07 bits per heavy atom. The van der Waals surface area contributed by atoms with E-state index in [1.165, 1.54) is 11.1 Å². The van der Waals surface area contributed by atoms with Crippen molar-refractivity contribution < 1.29 is 0 Å². The van der Waals surface area contributed by atoms with Crippen LogP contribution in [0.5, 0.6) is 0 Å². The van der Waals surface area contributed by atoms with Crippen LogP contribution < -0.4 is 0 Å². The minimum Gasteiger partial charge on any atom is -0.110 e. The zero-order chi connectivity index (χ0) is 10.4. The second kappa shape index (κ2) is 6.28. The van der Waals surface area contributed by atoms with E-state index in [9.17, 15) is 0 Å². The van der Waals surface area contributed by atoms with E-state index in [0.717, 1.165) is 12.5 Å². The third-order valence-electron chi connectivity index (χ3n) is 2.14. The van der Waals surface area contributed by atoms with Crippen molar-refractivity contribution >= 4 is 38.8 Å². The van der Waals surface area contributed by atoms with Crippen LogP contribution in [0.1, 0.15) is 11.1 Å². The van der Waals surface area contributed by atoms with Gasteiger partial charge in [0.2, 0.25) is 0 Å². The molecule has 0 atom stereocenters. The highest BCUT2D eigenvalue weighted by atomic mass is 35.5. The molecule has 0 aliphatic carbocycles. The van der Waals surface area contributed by atoms with Gasteiger partial charge < -0.3 is 0 Å². The Hall–Kier alpha value is -0.243. The molecule has 0 bridgehead atoms. The summed E-state index contributed by atoms with van der Waals surface area (Å²) in [6.07, 6.45) is 2.97. The largest absolute Gasteiger partial charge is 0.110 e. The van der Waals surface area contributed by atoms with E-state index >= 15 is 0 Å². The van der Waals surface area contributed by atoms with Gasteiger partial charge in [-0.2, -0.15) is 0 Å². The van der Waals surface area contributed by atoms with Crippen molar-refractivity contribution in [2.45, 2.75) is 16.9 Å². The van der Waals surface area contributed by atoms with Crippen LogP contribution in [0.2, 0.25) is 6.04 Å². The molecule has 0 aliphatic heterocycles. The van der Waals surface area contributed by atoms with Crippen LogP contribution in [0.3, 0.4) is 0 Å². The fraction of sp³-hybridized carbons (Fsp3) is 0.273. The standard InChI is InChI=1S/C11H14Cl2Si/c1-2-9-5-3-4-6-10(9)7-8-14-11(12)13/h2-6,11H,1,7-8,14H2. The number of halogens is 2. The molecular weight excluding hydrogens is 231 g/mol. The molecule has 0 saturated carbocycles. The maximum Gasteiger partial charge on any atom is 0.0908 e. The zero-order valence-electron chi connectivity index (χ0n) is 8.05. The smallest absolute Gasteiger partial charge is 0.0908 e. The minimum atomic E-state index is -0.325. The molecule has 76 valence electrons. The third-order valence-corrected chi connectivity index (χ3v) is 4.65. The molecular formula is C11H14Cl2Si. The van der Waals surface area contributed by atoms with E-state index in [2.05, 4.69) is 24.8 Å². The molecule has 0 unspecified atom stereocenters. The van der Waals surface area contributed by atoms with Crippen LogP contribution in [0.25, 0.3) is 6.08 Å². The van der Waals surface area contributed by atoms with Gasteiger partial charge in [-0.25, -0.2) is 0 Å². The first-order valence-electron chi connectivity index (χ1n) is 4.72. The average molecular weight is 245 g/mol. The summed E-state index contributed by atoms with van der Waals surface area (Å²) in [5, 5.41) is 0. The molecule has 0 nitrogen and oxygen atoms in total. The van der Waals surface area contributed by atoms with Gasteiger partial charge in [0.15, 0.2) is 0 Å². The fourth-order valence-electron chi connectivity index (χ4n) is 1.41. The van der Waals surface area contributed by atoms with E-state index in [4.69, 9.17) is 23.2 Å². The molecule has 0 aliphatic rings. The quantitative estimate of drug-likeness (QED) is 0.552. The molecule has 0 N–H and O–H groups in total. The summed E-state index contributed by atoms with van der Waals surface area (Å²) in [5.41, 5.74) is 2.58. The summed E-state index contributed by atoms with van der Waals surface area (Å²) < 4.78 is -0.106. The van der Waals surface area contributed by atoms with Crippen LogP contribution in [0.4, 0.5) is 0 Å². The van der Waals surface area contributed by atoms with Gasteiger partial charge in [-0.1, -0.05) is 43.0 Å². The lowest BCUT2D eigenvalue weighted by Crippen LogP contribution is -2.02. The van der Waals surface area contributed by atoms with Crippen molar-refractivity contribution in [3.05, 3.63) is 42.0 Å². The summed E-state index contributed by atoms with van der Waals surface area (Å²) in [6.45, 7) is 3.79. The highest BCUT2D eigenvalue weighted by Crippen LogP contribution is 2.13. The van der Waals surface area contributed by atoms with Crippen molar-refractivity contribution in [2.75, 3.05) is 0 Å². The average Bonchev–Trinajstić information content (AvgIpc) is 2.18. The molecule has 0 amide bonds. The normalized spacial score (nSPS) is 11.4. The Kier molecular flexibility index (Phi) is 5.31. The second-order valence-corrected chi connectivity index (χ2v) is 7.60. The topological polar surface area (TPSA) is 0 Å². The minimum absolute atomic E-state index is 0.106. The second-order valence-electron chi connectivity index (χ2n) is 3.19. The molecule has 0 spiro atoms. The molecule has 0 heterocycles. The third kappa shape index (κ3) is 3.87. The lowest BCUT2D eigenvalue weighted by molar-refractivity contribution is 1.11. The molecule has 14 heavy (non-hydrogen) atoms. The van der Waals surface area contributed by atoms with Gasteiger partial charge >= 0.3 is 0 Å². The number of hydrogen-bond donors (Lipinski definition) is 0. The van der Waals surface area contributed by atoms with Crippen LogP contribution in [0, 0.1) is 0 Å². The number of alkyl halides is 2. The van der Waals surface area contributed by atoms with E-state index in [-0.39, 0.29) is 14.0 Å². The Bertz CT molecular complexity index is 297. The number of aryl methyl sites for hydroxylation is 1. The zero-order valence-corrected chi connectivity index (χ0v) is 11.0. The monoisotopic (exact) mass is 244 g/mol. The first-order valence-corrected chi connectivity index (χ1v) is 7.41. The summed E-state index contributed by atoms with van der Waals surface area (Å²) in [6, 6.07) is 9.47. The number of rotatable bonds is 5. The van der Waals surface area contributed by atoms with E-state index < -0.39 is 0 Å². The van der Waals surface area contributed by atoms with Crippen LogP contribution in [0.15, 0.2) is 30.8 Å². The maximum absolute atomic E-state index is 5.72. The van der Waals surface area contributed by atoms with Gasteiger partial charge in [-0.3, -0.25) is 0 Å². The van der Waals surface area contributed by atoms with Crippen molar-refractivity contribution in [3.63, 3.8) is 0 Å². The summed E-state index contributed by atoms with van der Waals surface area (Å²) in [4.78, 5) is 0. The van der Waals surface area contributed by atoms with Gasteiger partial charge in [0.1, 0.15) is 0 Å². The first-order chi connectivity index (χ1) is 6.74. The van der Waals surface area contributed by atoms with Gasteiger partial charge in [0.05, 0.1) is 14.0 Å². The lowest BCUT2D eigenvalue weighted by atomic mass is 10.1. The summed E-state index contributed by atoms with van der Waals surface area (Å²) in [7, 11) is -0.325.